The van der Waals surface area contributed by atoms with Gasteiger partial charge in [-0.2, -0.15) is 5.10 Å². The van der Waals surface area contributed by atoms with E-state index in [0.29, 0.717) is 17.9 Å². The summed E-state index contributed by atoms with van der Waals surface area (Å²) in [7, 11) is 0. The molecule has 0 spiro atoms. The highest BCUT2D eigenvalue weighted by Gasteiger charge is 2.15. The first kappa shape index (κ1) is 6.15. The molecule has 4 heteroatoms. The van der Waals surface area contributed by atoms with E-state index >= 15 is 0 Å². The van der Waals surface area contributed by atoms with Gasteiger partial charge in [-0.1, -0.05) is 0 Å². The van der Waals surface area contributed by atoms with Crippen LogP contribution < -0.4 is 4.74 Å². The molecule has 4 nitrogen and oxygen atoms in total. The van der Waals surface area contributed by atoms with Gasteiger partial charge in [0.2, 0.25) is 5.88 Å². The van der Waals surface area contributed by atoms with Gasteiger partial charge in [0.05, 0.1) is 18.0 Å². The molecule has 0 aliphatic carbocycles. The summed E-state index contributed by atoms with van der Waals surface area (Å²) in [5.41, 5.74) is 0.523. The molecule has 0 saturated heterocycles. The molecule has 0 bridgehead atoms. The van der Waals surface area contributed by atoms with E-state index in [4.69, 9.17) is 4.74 Å². The third-order valence-electron chi connectivity index (χ3n) is 1.49. The van der Waals surface area contributed by atoms with Crippen molar-refractivity contribution in [1.82, 2.24) is 10.2 Å². The van der Waals surface area contributed by atoms with Gasteiger partial charge in [-0.3, -0.25) is 4.79 Å². The molecule has 2 rings (SSSR count). The second-order valence-electron chi connectivity index (χ2n) is 2.23. The Balaban J connectivity index is 2.49. The lowest BCUT2D eigenvalue weighted by molar-refractivity contribution is 0.0996. The maximum absolute atomic E-state index is 11.2. The quantitative estimate of drug-likeness (QED) is 0.597. The van der Waals surface area contributed by atoms with Crippen molar-refractivity contribution in [2.24, 2.45) is 0 Å². The fraction of sp³-hybridized carbons (Fsp3) is 0.143. The minimum Gasteiger partial charge on any atom is -0.447 e. The zero-order valence-electron chi connectivity index (χ0n) is 5.70. The van der Waals surface area contributed by atoms with Crippen molar-refractivity contribution in [2.75, 3.05) is 0 Å². The molecule has 56 valence electrons. The predicted molar refractivity (Wildman–Crippen MR) is 37.3 cm³/mol. The summed E-state index contributed by atoms with van der Waals surface area (Å²) >= 11 is 0. The van der Waals surface area contributed by atoms with Crippen LogP contribution in [0.4, 0.5) is 0 Å². The normalized spacial score (nSPS) is 15.5. The van der Waals surface area contributed by atoms with Crippen molar-refractivity contribution < 1.29 is 9.53 Å². The number of aromatic amines is 1. The monoisotopic (exact) mass is 150 g/mol. The van der Waals surface area contributed by atoms with Crippen LogP contribution in [0.25, 0.3) is 0 Å². The number of nitrogens with one attached hydrogen (secondary N) is 1. The highest BCUT2D eigenvalue weighted by atomic mass is 16.5. The molecule has 0 amide bonds. The van der Waals surface area contributed by atoms with E-state index in [-0.39, 0.29) is 5.78 Å². The molecular formula is C7H6N2O2. The average molecular weight is 150 g/mol. The van der Waals surface area contributed by atoms with Gasteiger partial charge in [0.15, 0.2) is 5.78 Å². The van der Waals surface area contributed by atoms with Crippen LogP contribution in [0.5, 0.6) is 5.88 Å². The molecule has 0 fully saturated rings. The van der Waals surface area contributed by atoms with E-state index in [1.807, 2.05) is 0 Å². The van der Waals surface area contributed by atoms with Crippen LogP contribution in [-0.4, -0.2) is 16.0 Å². The zero-order valence-corrected chi connectivity index (χ0v) is 5.70. The van der Waals surface area contributed by atoms with Crippen LogP contribution in [0, 0.1) is 0 Å². The Hall–Kier alpha value is -1.58. The first-order chi connectivity index (χ1) is 5.38. The van der Waals surface area contributed by atoms with Crippen LogP contribution >= 0.6 is 0 Å². The first-order valence-electron chi connectivity index (χ1n) is 3.26. The number of ketones is 1. The summed E-state index contributed by atoms with van der Waals surface area (Å²) in [6, 6.07) is 0. The van der Waals surface area contributed by atoms with E-state index in [1.54, 1.807) is 6.08 Å². The summed E-state index contributed by atoms with van der Waals surface area (Å²) < 4.78 is 5.04. The fourth-order valence-corrected chi connectivity index (χ4v) is 0.944. The third-order valence-corrected chi connectivity index (χ3v) is 1.49. The standard InChI is InChI=1S/C7H6N2O2/c10-6-2-1-3-11-7-5(6)4-8-9-7/h1,3-4H,2H2,(H,8,9). The average Bonchev–Trinajstić information content (AvgIpc) is 2.40. The highest BCUT2D eigenvalue weighted by Crippen LogP contribution is 2.18. The van der Waals surface area contributed by atoms with Gasteiger partial charge < -0.3 is 4.74 Å². The number of H-pyrrole nitrogens is 1. The van der Waals surface area contributed by atoms with Crippen molar-refractivity contribution in [3.05, 3.63) is 24.1 Å². The molecule has 1 N–H and O–H groups in total. The Morgan fingerprint density at radius 1 is 1.64 bits per heavy atom. The number of rotatable bonds is 0. The van der Waals surface area contributed by atoms with Crippen LogP contribution in [0.1, 0.15) is 16.8 Å². The van der Waals surface area contributed by atoms with Crippen molar-refractivity contribution in [2.45, 2.75) is 6.42 Å². The number of fused-ring (bicyclic) bond motifs is 1. The Kier molecular flexibility index (Phi) is 1.25. The van der Waals surface area contributed by atoms with Gasteiger partial charge in [0, 0.05) is 6.42 Å². The zero-order chi connectivity index (χ0) is 7.68. The Bertz CT molecular complexity index is 314. The summed E-state index contributed by atoms with van der Waals surface area (Å²) in [4.78, 5) is 11.2. The number of aromatic nitrogens is 2. The van der Waals surface area contributed by atoms with Crippen LogP contribution in [0.2, 0.25) is 0 Å². The SMILES string of the molecule is O=C1CC=COc2[nH]ncc21. The van der Waals surface area contributed by atoms with Crippen molar-refractivity contribution in [1.29, 1.82) is 0 Å². The van der Waals surface area contributed by atoms with E-state index < -0.39 is 0 Å². The summed E-state index contributed by atoms with van der Waals surface area (Å²) in [5.74, 6) is 0.464. The molecule has 0 aromatic carbocycles. The fourth-order valence-electron chi connectivity index (χ4n) is 0.944. The summed E-state index contributed by atoms with van der Waals surface area (Å²) in [6.07, 6.45) is 5.02. The lowest BCUT2D eigenvalue weighted by Gasteiger charge is -1.93. The molecule has 1 aromatic rings. The van der Waals surface area contributed by atoms with Crippen molar-refractivity contribution in [3.8, 4) is 5.88 Å². The minimum absolute atomic E-state index is 0.0301. The van der Waals surface area contributed by atoms with Gasteiger partial charge in [0.25, 0.3) is 0 Å². The Morgan fingerprint density at radius 2 is 2.55 bits per heavy atom. The van der Waals surface area contributed by atoms with E-state index in [9.17, 15) is 4.79 Å². The number of carbonyl (C=O) groups excluding carboxylic acids is 1. The second-order valence-corrected chi connectivity index (χ2v) is 2.23. The van der Waals surface area contributed by atoms with Gasteiger partial charge in [-0.15, -0.1) is 0 Å². The van der Waals surface area contributed by atoms with Gasteiger partial charge >= 0.3 is 0 Å². The molecule has 0 saturated carbocycles. The minimum atomic E-state index is 0.0301. The smallest absolute Gasteiger partial charge is 0.225 e. The van der Waals surface area contributed by atoms with Crippen molar-refractivity contribution in [3.63, 3.8) is 0 Å². The lowest BCUT2D eigenvalue weighted by Crippen LogP contribution is -1.94. The van der Waals surface area contributed by atoms with Gasteiger partial charge in [-0.25, -0.2) is 5.10 Å². The number of nitrogens with zero attached hydrogens (tertiary/aromatic N) is 1. The molecule has 1 aliphatic heterocycles. The number of ether oxygens (including phenoxy) is 1. The molecule has 0 atom stereocenters. The van der Waals surface area contributed by atoms with Gasteiger partial charge in [0.1, 0.15) is 0 Å². The lowest BCUT2D eigenvalue weighted by atomic mass is 10.2. The van der Waals surface area contributed by atoms with Gasteiger partial charge in [-0.05, 0) is 6.08 Å². The van der Waals surface area contributed by atoms with E-state index in [0.717, 1.165) is 0 Å². The number of hydrogen-bond donors (Lipinski definition) is 1. The molecule has 0 unspecified atom stereocenters. The van der Waals surface area contributed by atoms with E-state index in [2.05, 4.69) is 10.2 Å². The second kappa shape index (κ2) is 2.23. The molecule has 11 heavy (non-hydrogen) atoms. The van der Waals surface area contributed by atoms with E-state index in [1.165, 1.54) is 12.5 Å². The molecule has 2 heterocycles. The number of allylic oxidation sites excluding steroid dienone is 1. The maximum atomic E-state index is 11.2. The number of hydrogen-bond acceptors (Lipinski definition) is 3. The largest absolute Gasteiger partial charge is 0.447 e. The van der Waals surface area contributed by atoms with Crippen LogP contribution in [-0.2, 0) is 0 Å². The maximum Gasteiger partial charge on any atom is 0.225 e. The summed E-state index contributed by atoms with van der Waals surface area (Å²) in [6.45, 7) is 0. The summed E-state index contributed by atoms with van der Waals surface area (Å²) in [5, 5.41) is 6.27. The Labute approximate surface area is 62.9 Å². The van der Waals surface area contributed by atoms with Crippen molar-refractivity contribution >= 4 is 5.78 Å². The molecular weight excluding hydrogens is 144 g/mol. The Morgan fingerprint density at radius 3 is 3.45 bits per heavy atom. The number of carbonyl (C=O) groups is 1. The third kappa shape index (κ3) is 0.920. The van der Waals surface area contributed by atoms with Crippen LogP contribution in [0.3, 0.4) is 0 Å². The number of Topliss-reactive ketones (excluding diaryl/α,β-unsaturated/α-hetero) is 1. The topological polar surface area (TPSA) is 55.0 Å². The molecule has 1 aromatic heterocycles. The molecule has 0 radical (unpaired) electrons. The molecule has 1 aliphatic rings. The first-order valence-corrected chi connectivity index (χ1v) is 3.26. The van der Waals surface area contributed by atoms with Crippen LogP contribution in [0.15, 0.2) is 18.5 Å². The highest BCUT2D eigenvalue weighted by molar-refractivity contribution is 5.99. The predicted octanol–water partition coefficient (Wildman–Crippen LogP) is 0.889.